The van der Waals surface area contributed by atoms with Crippen LogP contribution in [0.4, 0.5) is 10.1 Å². The van der Waals surface area contributed by atoms with E-state index >= 15 is 0 Å². The number of amides is 1. The number of carbonyl (C=O) groups is 1. The lowest BCUT2D eigenvalue weighted by atomic mass is 10.1. The third-order valence-corrected chi connectivity index (χ3v) is 3.22. The smallest absolute Gasteiger partial charge is 0.248 e. The third kappa shape index (κ3) is 3.27. The van der Waals surface area contributed by atoms with Gasteiger partial charge in [0.2, 0.25) is 5.91 Å². The molecule has 0 atom stereocenters. The Kier molecular flexibility index (Phi) is 4.25. The molecule has 0 spiro atoms. The van der Waals surface area contributed by atoms with Crippen LogP contribution in [0.2, 0.25) is 5.02 Å². The second-order valence-corrected chi connectivity index (χ2v) is 4.92. The standard InChI is InChI=1S/C15H14ClFN2O/c1-9-6-10(15(18)20)2-5-14(9)19-8-11-7-12(16)3-4-13(11)17/h2-7,19H,8H2,1H3,(H2,18,20). The number of hydrogen-bond donors (Lipinski definition) is 2. The molecule has 0 radical (unpaired) electrons. The second kappa shape index (κ2) is 5.92. The predicted molar refractivity (Wildman–Crippen MR) is 78.4 cm³/mol. The molecular weight excluding hydrogens is 279 g/mol. The van der Waals surface area contributed by atoms with Crippen LogP contribution in [-0.4, -0.2) is 5.91 Å². The average Bonchev–Trinajstić information content (AvgIpc) is 2.40. The van der Waals surface area contributed by atoms with Crippen LogP contribution < -0.4 is 11.1 Å². The van der Waals surface area contributed by atoms with Crippen molar-refractivity contribution in [3.8, 4) is 0 Å². The van der Waals surface area contributed by atoms with Crippen molar-refractivity contribution < 1.29 is 9.18 Å². The Bertz CT molecular complexity index is 658. The number of carbonyl (C=O) groups excluding carboxylic acids is 1. The fourth-order valence-corrected chi connectivity index (χ4v) is 2.08. The van der Waals surface area contributed by atoms with Gasteiger partial charge in [0.25, 0.3) is 0 Å². The lowest BCUT2D eigenvalue weighted by Gasteiger charge is -2.11. The molecule has 2 aromatic rings. The molecule has 3 nitrogen and oxygen atoms in total. The number of rotatable bonds is 4. The highest BCUT2D eigenvalue weighted by molar-refractivity contribution is 6.30. The van der Waals surface area contributed by atoms with E-state index in [0.29, 0.717) is 22.7 Å². The van der Waals surface area contributed by atoms with Crippen molar-refractivity contribution in [2.75, 3.05) is 5.32 Å². The Morgan fingerprint density at radius 2 is 2.05 bits per heavy atom. The lowest BCUT2D eigenvalue weighted by Crippen LogP contribution is -2.11. The predicted octanol–water partition coefficient (Wildman–Crippen LogP) is 3.50. The fourth-order valence-electron chi connectivity index (χ4n) is 1.88. The van der Waals surface area contributed by atoms with Gasteiger partial charge in [0, 0.05) is 28.4 Å². The van der Waals surface area contributed by atoms with Crippen molar-refractivity contribution in [1.82, 2.24) is 0 Å². The molecule has 0 fully saturated rings. The van der Waals surface area contributed by atoms with E-state index in [9.17, 15) is 9.18 Å². The first-order chi connectivity index (χ1) is 9.47. The summed E-state index contributed by atoms with van der Waals surface area (Å²) in [6, 6.07) is 9.50. The molecule has 1 amide bonds. The minimum absolute atomic E-state index is 0.309. The molecule has 0 unspecified atom stereocenters. The zero-order chi connectivity index (χ0) is 14.7. The summed E-state index contributed by atoms with van der Waals surface area (Å²) in [6.45, 7) is 2.16. The molecule has 0 aromatic heterocycles. The number of benzene rings is 2. The van der Waals surface area contributed by atoms with Crippen LogP contribution >= 0.6 is 11.6 Å². The first kappa shape index (κ1) is 14.3. The van der Waals surface area contributed by atoms with E-state index in [1.54, 1.807) is 24.3 Å². The van der Waals surface area contributed by atoms with Crippen LogP contribution in [0.3, 0.4) is 0 Å². The van der Waals surface area contributed by atoms with Gasteiger partial charge in [-0.1, -0.05) is 11.6 Å². The van der Waals surface area contributed by atoms with Crippen LogP contribution in [0, 0.1) is 12.7 Å². The molecule has 2 aromatic carbocycles. The van der Waals surface area contributed by atoms with Crippen molar-refractivity contribution >= 4 is 23.2 Å². The summed E-state index contributed by atoms with van der Waals surface area (Å²) >= 11 is 5.84. The molecule has 3 N–H and O–H groups in total. The number of nitrogens with one attached hydrogen (secondary N) is 1. The Morgan fingerprint density at radius 3 is 2.70 bits per heavy atom. The van der Waals surface area contributed by atoms with E-state index in [0.717, 1.165) is 11.3 Å². The molecule has 20 heavy (non-hydrogen) atoms. The highest BCUT2D eigenvalue weighted by Crippen LogP contribution is 2.20. The SMILES string of the molecule is Cc1cc(C(N)=O)ccc1NCc1cc(Cl)ccc1F. The van der Waals surface area contributed by atoms with E-state index in [2.05, 4.69) is 5.32 Å². The Labute approximate surface area is 121 Å². The first-order valence-electron chi connectivity index (χ1n) is 6.05. The maximum atomic E-state index is 13.6. The van der Waals surface area contributed by atoms with Gasteiger partial charge >= 0.3 is 0 Å². The normalized spacial score (nSPS) is 10.3. The summed E-state index contributed by atoms with van der Waals surface area (Å²) in [5.41, 5.74) is 7.82. The van der Waals surface area contributed by atoms with Gasteiger partial charge in [-0.3, -0.25) is 4.79 Å². The number of hydrogen-bond acceptors (Lipinski definition) is 2. The molecule has 0 aliphatic heterocycles. The fraction of sp³-hybridized carbons (Fsp3) is 0.133. The third-order valence-electron chi connectivity index (χ3n) is 2.99. The van der Waals surface area contributed by atoms with Crippen molar-refractivity contribution in [1.29, 1.82) is 0 Å². The lowest BCUT2D eigenvalue weighted by molar-refractivity contribution is 0.1000. The number of anilines is 1. The Hall–Kier alpha value is -2.07. The highest BCUT2D eigenvalue weighted by Gasteiger charge is 2.06. The first-order valence-corrected chi connectivity index (χ1v) is 6.43. The van der Waals surface area contributed by atoms with Gasteiger partial charge in [0.05, 0.1) is 0 Å². The van der Waals surface area contributed by atoms with Crippen LogP contribution in [-0.2, 0) is 6.54 Å². The van der Waals surface area contributed by atoms with E-state index < -0.39 is 5.91 Å². The number of primary amides is 1. The van der Waals surface area contributed by atoms with Crippen LogP contribution in [0.25, 0.3) is 0 Å². The Balaban J connectivity index is 2.15. The number of aryl methyl sites for hydroxylation is 1. The summed E-state index contributed by atoms with van der Waals surface area (Å²) in [5.74, 6) is -0.783. The maximum Gasteiger partial charge on any atom is 0.248 e. The number of nitrogens with two attached hydrogens (primary N) is 1. The van der Waals surface area contributed by atoms with E-state index in [1.807, 2.05) is 6.92 Å². The molecule has 0 aliphatic carbocycles. The van der Waals surface area contributed by atoms with Gasteiger partial charge in [-0.25, -0.2) is 4.39 Å². The zero-order valence-electron chi connectivity index (χ0n) is 10.9. The summed E-state index contributed by atoms with van der Waals surface area (Å²) in [6.07, 6.45) is 0. The highest BCUT2D eigenvalue weighted by atomic mass is 35.5. The minimum Gasteiger partial charge on any atom is -0.381 e. The van der Waals surface area contributed by atoms with E-state index in [1.165, 1.54) is 12.1 Å². The van der Waals surface area contributed by atoms with Gasteiger partial charge in [-0.05, 0) is 48.9 Å². The van der Waals surface area contributed by atoms with Crippen LogP contribution in [0.1, 0.15) is 21.5 Å². The van der Waals surface area contributed by atoms with E-state index in [4.69, 9.17) is 17.3 Å². The molecule has 0 heterocycles. The monoisotopic (exact) mass is 292 g/mol. The molecule has 0 aliphatic rings. The summed E-state index contributed by atoms with van der Waals surface area (Å²) in [5, 5.41) is 3.60. The van der Waals surface area contributed by atoms with Gasteiger partial charge in [-0.15, -0.1) is 0 Å². The van der Waals surface area contributed by atoms with Crippen LogP contribution in [0.5, 0.6) is 0 Å². The number of halogens is 2. The van der Waals surface area contributed by atoms with Crippen molar-refractivity contribution in [3.05, 3.63) is 63.9 Å². The molecule has 2 rings (SSSR count). The van der Waals surface area contributed by atoms with Crippen LogP contribution in [0.15, 0.2) is 36.4 Å². The average molecular weight is 293 g/mol. The van der Waals surface area contributed by atoms with Gasteiger partial charge in [-0.2, -0.15) is 0 Å². The summed E-state index contributed by atoms with van der Waals surface area (Å²) in [4.78, 5) is 11.1. The van der Waals surface area contributed by atoms with Crippen molar-refractivity contribution in [2.45, 2.75) is 13.5 Å². The zero-order valence-corrected chi connectivity index (χ0v) is 11.7. The van der Waals surface area contributed by atoms with Gasteiger partial charge in [0.1, 0.15) is 5.82 Å². The van der Waals surface area contributed by atoms with E-state index in [-0.39, 0.29) is 5.82 Å². The topological polar surface area (TPSA) is 55.1 Å². The molecule has 0 saturated carbocycles. The summed E-state index contributed by atoms with van der Waals surface area (Å²) < 4.78 is 13.6. The van der Waals surface area contributed by atoms with Gasteiger partial charge < -0.3 is 11.1 Å². The Morgan fingerprint density at radius 1 is 1.30 bits per heavy atom. The molecular formula is C15H14ClFN2O. The molecule has 0 bridgehead atoms. The maximum absolute atomic E-state index is 13.6. The minimum atomic E-state index is -0.472. The summed E-state index contributed by atoms with van der Waals surface area (Å²) in [7, 11) is 0. The molecule has 0 saturated heterocycles. The molecule has 104 valence electrons. The quantitative estimate of drug-likeness (QED) is 0.906. The van der Waals surface area contributed by atoms with Gasteiger partial charge in [0.15, 0.2) is 0 Å². The second-order valence-electron chi connectivity index (χ2n) is 4.48. The molecule has 5 heteroatoms. The largest absolute Gasteiger partial charge is 0.381 e. The van der Waals surface area contributed by atoms with Crippen molar-refractivity contribution in [2.24, 2.45) is 5.73 Å². The van der Waals surface area contributed by atoms with Crippen molar-refractivity contribution in [3.63, 3.8) is 0 Å².